The van der Waals surface area contributed by atoms with Gasteiger partial charge in [0.1, 0.15) is 5.76 Å². The minimum atomic E-state index is -0.287. The number of carbonyl (C=O) groups is 1. The van der Waals surface area contributed by atoms with Crippen molar-refractivity contribution in [2.75, 3.05) is 18.5 Å². The summed E-state index contributed by atoms with van der Waals surface area (Å²) in [7, 11) is 0. The molecule has 1 aromatic heterocycles. The predicted octanol–water partition coefficient (Wildman–Crippen LogP) is 2.97. The van der Waals surface area contributed by atoms with Crippen LogP contribution in [0.1, 0.15) is 41.4 Å². The number of fused-ring (bicyclic) bond motifs is 1. The Balaban J connectivity index is 1.49. The summed E-state index contributed by atoms with van der Waals surface area (Å²) >= 11 is 0. The summed E-state index contributed by atoms with van der Waals surface area (Å²) in [5, 5.41) is 6.64. The number of ether oxygens (including phenoxy) is 2. The van der Waals surface area contributed by atoms with Gasteiger partial charge in [-0.3, -0.25) is 4.79 Å². The fourth-order valence-electron chi connectivity index (χ4n) is 2.39. The van der Waals surface area contributed by atoms with E-state index in [9.17, 15) is 4.79 Å². The van der Waals surface area contributed by atoms with E-state index in [1.807, 2.05) is 0 Å². The van der Waals surface area contributed by atoms with E-state index in [0.717, 1.165) is 25.0 Å². The van der Waals surface area contributed by atoms with Gasteiger partial charge in [0.15, 0.2) is 17.2 Å². The maximum Gasteiger partial charge on any atom is 0.277 e. The van der Waals surface area contributed by atoms with E-state index in [2.05, 4.69) is 10.5 Å². The minimum Gasteiger partial charge on any atom is -0.490 e. The number of anilines is 1. The molecule has 0 radical (unpaired) electrons. The van der Waals surface area contributed by atoms with E-state index < -0.39 is 0 Å². The molecule has 2 aromatic rings. The molecule has 2 aliphatic rings. The third kappa shape index (κ3) is 2.64. The molecule has 0 saturated heterocycles. The lowest BCUT2D eigenvalue weighted by Crippen LogP contribution is -2.12. The van der Waals surface area contributed by atoms with Crippen molar-refractivity contribution in [3.8, 4) is 11.5 Å². The van der Waals surface area contributed by atoms with Gasteiger partial charge in [0, 0.05) is 30.2 Å². The second-order valence-electron chi connectivity index (χ2n) is 5.55. The van der Waals surface area contributed by atoms with E-state index in [-0.39, 0.29) is 5.91 Å². The number of carbonyl (C=O) groups excluding carboxylic acids is 1. The Bertz CT molecular complexity index is 706. The molecule has 22 heavy (non-hydrogen) atoms. The molecular formula is C16H16N2O4. The highest BCUT2D eigenvalue weighted by Gasteiger charge is 2.29. The van der Waals surface area contributed by atoms with Gasteiger partial charge in [-0.2, -0.15) is 0 Å². The van der Waals surface area contributed by atoms with Gasteiger partial charge in [0.25, 0.3) is 5.91 Å². The molecule has 1 aromatic carbocycles. The van der Waals surface area contributed by atoms with Gasteiger partial charge in [-0.15, -0.1) is 0 Å². The molecule has 1 fully saturated rings. The van der Waals surface area contributed by atoms with Gasteiger partial charge >= 0.3 is 0 Å². The molecule has 114 valence electrons. The third-order valence-corrected chi connectivity index (χ3v) is 3.75. The van der Waals surface area contributed by atoms with Crippen LogP contribution in [0.5, 0.6) is 11.5 Å². The fourth-order valence-corrected chi connectivity index (χ4v) is 2.39. The molecule has 1 amide bonds. The van der Waals surface area contributed by atoms with E-state index >= 15 is 0 Å². The van der Waals surface area contributed by atoms with Gasteiger partial charge in [0.05, 0.1) is 13.2 Å². The number of aromatic nitrogens is 1. The number of rotatable bonds is 3. The van der Waals surface area contributed by atoms with E-state index in [0.29, 0.717) is 42.0 Å². The second-order valence-corrected chi connectivity index (χ2v) is 5.55. The Hall–Kier alpha value is -2.50. The number of amides is 1. The Kier molecular flexibility index (Phi) is 3.21. The molecule has 0 unspecified atom stereocenters. The first-order valence-electron chi connectivity index (χ1n) is 7.47. The van der Waals surface area contributed by atoms with E-state index in [1.54, 1.807) is 24.3 Å². The summed E-state index contributed by atoms with van der Waals surface area (Å²) in [6.45, 7) is 1.25. The van der Waals surface area contributed by atoms with Gasteiger partial charge < -0.3 is 19.3 Å². The highest BCUT2D eigenvalue weighted by Crippen LogP contribution is 2.40. The van der Waals surface area contributed by atoms with Crippen molar-refractivity contribution >= 4 is 11.6 Å². The number of benzene rings is 1. The molecule has 2 heterocycles. The van der Waals surface area contributed by atoms with E-state index in [4.69, 9.17) is 14.0 Å². The summed E-state index contributed by atoms with van der Waals surface area (Å²) in [6, 6.07) is 7.07. The Morgan fingerprint density at radius 1 is 1.14 bits per heavy atom. The lowest BCUT2D eigenvalue weighted by Gasteiger charge is -2.09. The van der Waals surface area contributed by atoms with Crippen LogP contribution in [0, 0.1) is 0 Å². The van der Waals surface area contributed by atoms with Crippen LogP contribution in [-0.4, -0.2) is 24.3 Å². The molecule has 0 bridgehead atoms. The molecule has 1 saturated carbocycles. The summed E-state index contributed by atoms with van der Waals surface area (Å²) < 4.78 is 16.4. The molecule has 1 aliphatic heterocycles. The molecule has 6 nitrogen and oxygen atoms in total. The van der Waals surface area contributed by atoms with Crippen LogP contribution in [0.25, 0.3) is 0 Å². The van der Waals surface area contributed by atoms with Gasteiger partial charge in [-0.05, 0) is 25.0 Å². The highest BCUT2D eigenvalue weighted by atomic mass is 16.5. The van der Waals surface area contributed by atoms with Crippen molar-refractivity contribution in [1.29, 1.82) is 0 Å². The number of hydrogen-bond acceptors (Lipinski definition) is 5. The predicted molar refractivity (Wildman–Crippen MR) is 78.5 cm³/mol. The quantitative estimate of drug-likeness (QED) is 0.943. The lowest BCUT2D eigenvalue weighted by molar-refractivity contribution is 0.101. The zero-order valence-electron chi connectivity index (χ0n) is 12.0. The van der Waals surface area contributed by atoms with E-state index in [1.165, 1.54) is 0 Å². The summed E-state index contributed by atoms with van der Waals surface area (Å²) in [4.78, 5) is 12.2. The number of hydrogen-bond donors (Lipinski definition) is 1. The van der Waals surface area contributed by atoms with Crippen molar-refractivity contribution in [3.05, 3.63) is 35.7 Å². The van der Waals surface area contributed by atoms with Crippen molar-refractivity contribution in [3.63, 3.8) is 0 Å². The summed E-state index contributed by atoms with van der Waals surface area (Å²) in [5.41, 5.74) is 0.944. The van der Waals surface area contributed by atoms with Crippen LogP contribution in [0.2, 0.25) is 0 Å². The zero-order valence-corrected chi connectivity index (χ0v) is 12.0. The Labute approximate surface area is 127 Å². The lowest BCUT2D eigenvalue weighted by atomic mass is 10.2. The fraction of sp³-hybridized carbons (Fsp3) is 0.375. The minimum absolute atomic E-state index is 0.287. The first-order chi connectivity index (χ1) is 10.8. The smallest absolute Gasteiger partial charge is 0.277 e. The standard InChI is InChI=1S/C16H16N2O4/c19-16(12-9-14(22-18-12)10-2-3-10)17-11-4-5-13-15(8-11)21-7-1-6-20-13/h4-5,8-10H,1-3,6-7H2,(H,17,19). The van der Waals surface area contributed by atoms with Crippen LogP contribution >= 0.6 is 0 Å². The maximum absolute atomic E-state index is 12.2. The molecule has 0 spiro atoms. The Morgan fingerprint density at radius 2 is 1.95 bits per heavy atom. The molecule has 6 heteroatoms. The zero-order chi connectivity index (χ0) is 14.9. The average molecular weight is 300 g/mol. The molecule has 4 rings (SSSR count). The SMILES string of the molecule is O=C(Nc1ccc2c(c1)OCCCO2)c1cc(C2CC2)on1. The normalized spacial score (nSPS) is 16.9. The monoisotopic (exact) mass is 300 g/mol. The molecule has 1 aliphatic carbocycles. The largest absolute Gasteiger partial charge is 0.490 e. The molecule has 1 N–H and O–H groups in total. The summed E-state index contributed by atoms with van der Waals surface area (Å²) in [5.74, 6) is 2.29. The summed E-state index contributed by atoms with van der Waals surface area (Å²) in [6.07, 6.45) is 3.07. The third-order valence-electron chi connectivity index (χ3n) is 3.75. The average Bonchev–Trinajstić information content (AvgIpc) is 3.30. The Morgan fingerprint density at radius 3 is 2.77 bits per heavy atom. The van der Waals surface area contributed by atoms with Crippen LogP contribution in [0.4, 0.5) is 5.69 Å². The van der Waals surface area contributed by atoms with Gasteiger partial charge in [0.2, 0.25) is 0 Å². The number of nitrogens with one attached hydrogen (secondary N) is 1. The van der Waals surface area contributed by atoms with Crippen molar-refractivity contribution in [2.45, 2.75) is 25.2 Å². The van der Waals surface area contributed by atoms with Crippen LogP contribution in [0.15, 0.2) is 28.8 Å². The van der Waals surface area contributed by atoms with Crippen molar-refractivity contribution in [2.24, 2.45) is 0 Å². The van der Waals surface area contributed by atoms with Crippen LogP contribution < -0.4 is 14.8 Å². The van der Waals surface area contributed by atoms with Crippen LogP contribution in [-0.2, 0) is 0 Å². The van der Waals surface area contributed by atoms with Crippen LogP contribution in [0.3, 0.4) is 0 Å². The first-order valence-corrected chi connectivity index (χ1v) is 7.47. The maximum atomic E-state index is 12.2. The topological polar surface area (TPSA) is 73.6 Å². The highest BCUT2D eigenvalue weighted by molar-refractivity contribution is 6.03. The van der Waals surface area contributed by atoms with Crippen molar-refractivity contribution < 1.29 is 18.8 Å². The number of nitrogens with zero attached hydrogens (tertiary/aromatic N) is 1. The van der Waals surface area contributed by atoms with Gasteiger partial charge in [-0.25, -0.2) is 0 Å². The second kappa shape index (κ2) is 5.36. The first kappa shape index (κ1) is 13.2. The van der Waals surface area contributed by atoms with Crippen molar-refractivity contribution in [1.82, 2.24) is 5.16 Å². The molecule has 0 atom stereocenters. The molecular weight excluding hydrogens is 284 g/mol. The van der Waals surface area contributed by atoms with Gasteiger partial charge in [-0.1, -0.05) is 5.16 Å².